The Morgan fingerprint density at radius 1 is 1.22 bits per heavy atom. The number of rotatable bonds is 7. The summed E-state index contributed by atoms with van der Waals surface area (Å²) in [6.45, 7) is 0.921. The van der Waals surface area contributed by atoms with Crippen molar-refractivity contribution < 1.29 is 23.8 Å². The van der Waals surface area contributed by atoms with Crippen LogP contribution in [0.4, 0.5) is 0 Å². The number of aliphatic hydroxyl groups excluding tert-OH is 1. The van der Waals surface area contributed by atoms with Gasteiger partial charge in [0.15, 0.2) is 22.9 Å². The van der Waals surface area contributed by atoms with Crippen LogP contribution in [0.2, 0.25) is 0 Å². The molecule has 2 aromatic carbocycles. The van der Waals surface area contributed by atoms with Gasteiger partial charge in [0, 0.05) is 22.9 Å². The van der Waals surface area contributed by atoms with Crippen molar-refractivity contribution >= 4 is 38.6 Å². The van der Waals surface area contributed by atoms with E-state index in [9.17, 15) is 14.7 Å². The fraction of sp³-hybridized carbons (Fsp3) is 0.250. The highest BCUT2D eigenvalue weighted by Crippen LogP contribution is 2.40. The number of nitrogens with zero attached hydrogens (tertiary/aromatic N) is 2. The van der Waals surface area contributed by atoms with Gasteiger partial charge in [0.1, 0.15) is 0 Å². The molecule has 7 nitrogen and oxygen atoms in total. The maximum absolute atomic E-state index is 13.6. The summed E-state index contributed by atoms with van der Waals surface area (Å²) < 4.78 is 11.9. The number of furan rings is 1. The molecule has 1 N–H and O–H groups in total. The fourth-order valence-electron chi connectivity index (χ4n) is 3.89. The highest BCUT2D eigenvalue weighted by molar-refractivity contribution is 9.10. The van der Waals surface area contributed by atoms with Crippen molar-refractivity contribution in [3.8, 4) is 5.75 Å². The van der Waals surface area contributed by atoms with Gasteiger partial charge in [-0.25, -0.2) is 0 Å². The zero-order chi connectivity index (χ0) is 23.0. The van der Waals surface area contributed by atoms with Crippen LogP contribution in [0, 0.1) is 0 Å². The van der Waals surface area contributed by atoms with Crippen molar-refractivity contribution in [1.29, 1.82) is 0 Å². The van der Waals surface area contributed by atoms with Crippen molar-refractivity contribution in [2.45, 2.75) is 6.04 Å². The van der Waals surface area contributed by atoms with Crippen molar-refractivity contribution in [3.63, 3.8) is 0 Å². The van der Waals surface area contributed by atoms with E-state index in [1.165, 1.54) is 12.0 Å². The molecule has 1 amide bonds. The second kappa shape index (κ2) is 8.80. The smallest absolute Gasteiger partial charge is 0.290 e. The lowest BCUT2D eigenvalue weighted by Gasteiger charge is -2.28. The van der Waals surface area contributed by atoms with Crippen molar-refractivity contribution in [2.24, 2.45) is 0 Å². The summed E-state index contributed by atoms with van der Waals surface area (Å²) in [5, 5.41) is 11.5. The summed E-state index contributed by atoms with van der Waals surface area (Å²) >= 11 is 3.46. The van der Waals surface area contributed by atoms with E-state index < -0.39 is 23.5 Å². The molecule has 0 saturated heterocycles. The quantitative estimate of drug-likeness (QED) is 0.487. The minimum Gasteiger partial charge on any atom is -0.503 e. The number of Topliss-reactive ketones (excluding diaryl/α,β-unsaturated/α-hetero) is 1. The molecule has 1 atom stereocenters. The van der Waals surface area contributed by atoms with E-state index in [4.69, 9.17) is 9.15 Å². The van der Waals surface area contributed by atoms with Crippen LogP contribution in [-0.2, 0) is 4.79 Å². The van der Waals surface area contributed by atoms with Gasteiger partial charge in [0.05, 0.1) is 18.7 Å². The van der Waals surface area contributed by atoms with Crippen molar-refractivity contribution in [2.75, 3.05) is 34.3 Å². The summed E-state index contributed by atoms with van der Waals surface area (Å²) in [6, 6.07) is 13.6. The SMILES string of the molecule is COc1cccc2cc(C(=O)C3=C(O)C(=O)N(CCN(C)C)[C@@H]3c3cccc(Br)c3)oc12. The molecule has 1 aliphatic heterocycles. The number of amides is 1. The molecule has 3 aromatic rings. The van der Waals surface area contributed by atoms with Crippen LogP contribution in [0.5, 0.6) is 5.75 Å². The predicted molar refractivity (Wildman–Crippen MR) is 124 cm³/mol. The molecule has 1 aliphatic rings. The Bertz CT molecular complexity index is 1230. The van der Waals surface area contributed by atoms with Gasteiger partial charge in [0.25, 0.3) is 5.91 Å². The summed E-state index contributed by atoms with van der Waals surface area (Å²) in [6.07, 6.45) is 0. The summed E-state index contributed by atoms with van der Waals surface area (Å²) in [5.74, 6) is -1.13. The fourth-order valence-corrected chi connectivity index (χ4v) is 4.31. The van der Waals surface area contributed by atoms with Crippen LogP contribution in [0.15, 0.2) is 68.8 Å². The number of hydrogen-bond acceptors (Lipinski definition) is 6. The Labute approximate surface area is 194 Å². The van der Waals surface area contributed by atoms with Gasteiger partial charge < -0.3 is 24.1 Å². The van der Waals surface area contributed by atoms with Crippen LogP contribution in [0.3, 0.4) is 0 Å². The lowest BCUT2D eigenvalue weighted by Crippen LogP contribution is -2.36. The van der Waals surface area contributed by atoms with Crippen LogP contribution in [-0.4, -0.2) is 60.9 Å². The number of ketones is 1. The topological polar surface area (TPSA) is 83.2 Å². The third-order valence-electron chi connectivity index (χ3n) is 5.45. The van der Waals surface area contributed by atoms with Crippen LogP contribution >= 0.6 is 15.9 Å². The summed E-state index contributed by atoms with van der Waals surface area (Å²) in [5.41, 5.74) is 1.16. The molecule has 8 heteroatoms. The predicted octanol–water partition coefficient (Wildman–Crippen LogP) is 4.34. The second-order valence-corrected chi connectivity index (χ2v) is 8.76. The van der Waals surface area contributed by atoms with E-state index in [1.807, 2.05) is 43.3 Å². The molecule has 0 spiro atoms. The molecule has 2 heterocycles. The average molecular weight is 499 g/mol. The van der Waals surface area contributed by atoms with E-state index in [0.29, 0.717) is 35.4 Å². The molecule has 0 saturated carbocycles. The Balaban J connectivity index is 1.81. The molecule has 1 aromatic heterocycles. The Kier molecular flexibility index (Phi) is 6.08. The number of methoxy groups -OCH3 is 1. The number of ether oxygens (including phenoxy) is 1. The summed E-state index contributed by atoms with van der Waals surface area (Å²) in [4.78, 5) is 30.0. The van der Waals surface area contributed by atoms with Gasteiger partial charge >= 0.3 is 0 Å². The van der Waals surface area contributed by atoms with Crippen molar-refractivity contribution in [1.82, 2.24) is 9.80 Å². The van der Waals surface area contributed by atoms with E-state index in [2.05, 4.69) is 15.9 Å². The number of likely N-dealkylation sites (N-methyl/N-ethyl adjacent to an activating group) is 1. The number of fused-ring (bicyclic) bond motifs is 1. The highest BCUT2D eigenvalue weighted by Gasteiger charge is 2.44. The molecule has 0 unspecified atom stereocenters. The third kappa shape index (κ3) is 3.91. The molecular weight excluding hydrogens is 476 g/mol. The minimum absolute atomic E-state index is 0.00452. The van der Waals surface area contributed by atoms with Gasteiger partial charge in [-0.1, -0.05) is 40.2 Å². The first-order valence-electron chi connectivity index (χ1n) is 10.1. The summed E-state index contributed by atoms with van der Waals surface area (Å²) in [7, 11) is 5.32. The maximum Gasteiger partial charge on any atom is 0.290 e. The highest BCUT2D eigenvalue weighted by atomic mass is 79.9. The van der Waals surface area contributed by atoms with Crippen molar-refractivity contribution in [3.05, 3.63) is 75.7 Å². The Morgan fingerprint density at radius 3 is 2.66 bits per heavy atom. The van der Waals surface area contributed by atoms with Gasteiger partial charge in [0.2, 0.25) is 5.78 Å². The minimum atomic E-state index is -0.734. The maximum atomic E-state index is 13.6. The van der Waals surface area contributed by atoms with Crippen LogP contribution in [0.1, 0.15) is 22.2 Å². The molecule has 0 aliphatic carbocycles. The average Bonchev–Trinajstić information content (AvgIpc) is 3.31. The van der Waals surface area contributed by atoms with E-state index in [0.717, 1.165) is 4.47 Å². The number of para-hydroxylation sites is 1. The molecule has 0 bridgehead atoms. The number of benzene rings is 2. The Morgan fingerprint density at radius 2 is 1.97 bits per heavy atom. The third-order valence-corrected chi connectivity index (χ3v) is 5.95. The molecular formula is C24H23BrN2O5. The van der Waals surface area contributed by atoms with E-state index in [-0.39, 0.29) is 11.3 Å². The number of aliphatic hydroxyl groups is 1. The second-order valence-electron chi connectivity index (χ2n) is 7.84. The number of carbonyl (C=O) groups is 2. The van der Waals surface area contributed by atoms with Gasteiger partial charge in [-0.2, -0.15) is 0 Å². The van der Waals surface area contributed by atoms with Crippen LogP contribution < -0.4 is 4.74 Å². The van der Waals surface area contributed by atoms with Gasteiger partial charge in [-0.15, -0.1) is 0 Å². The zero-order valence-electron chi connectivity index (χ0n) is 18.0. The standard InChI is InChI=1S/C24H23BrN2O5/c1-26(2)10-11-27-20(14-6-4-8-16(25)12-14)19(22(29)24(27)30)21(28)18-13-15-7-5-9-17(31-3)23(15)32-18/h4-9,12-13,20,29H,10-11H2,1-3H3/t20-/m1/s1. The number of halogens is 1. The van der Waals surface area contributed by atoms with E-state index >= 15 is 0 Å². The normalized spacial score (nSPS) is 16.5. The van der Waals surface area contributed by atoms with E-state index in [1.54, 1.807) is 24.3 Å². The van der Waals surface area contributed by atoms with Crippen LogP contribution in [0.25, 0.3) is 11.0 Å². The molecule has 166 valence electrons. The first kappa shape index (κ1) is 22.1. The molecule has 32 heavy (non-hydrogen) atoms. The molecule has 4 rings (SSSR count). The Hall–Kier alpha value is -3.10. The first-order chi connectivity index (χ1) is 15.3. The number of hydrogen-bond donors (Lipinski definition) is 1. The molecule has 0 radical (unpaired) electrons. The zero-order valence-corrected chi connectivity index (χ0v) is 19.5. The van der Waals surface area contributed by atoms with Gasteiger partial charge in [-0.3, -0.25) is 9.59 Å². The monoisotopic (exact) mass is 498 g/mol. The number of carbonyl (C=O) groups excluding carboxylic acids is 2. The molecule has 0 fully saturated rings. The largest absolute Gasteiger partial charge is 0.503 e. The van der Waals surface area contributed by atoms with Gasteiger partial charge in [-0.05, 0) is 43.9 Å². The lowest BCUT2D eigenvalue weighted by molar-refractivity contribution is -0.129. The lowest BCUT2D eigenvalue weighted by atomic mass is 9.95. The first-order valence-corrected chi connectivity index (χ1v) is 10.9.